The van der Waals surface area contributed by atoms with Gasteiger partial charge in [-0.1, -0.05) is 44.0 Å². The van der Waals surface area contributed by atoms with Crippen LogP contribution in [0.1, 0.15) is 13.3 Å². The second-order valence-electron chi connectivity index (χ2n) is 2.97. The number of alkyl halides is 2. The first-order valence-electron chi connectivity index (χ1n) is 4.04. The molecule has 0 amide bonds. The van der Waals surface area contributed by atoms with E-state index in [4.69, 9.17) is 4.74 Å². The molecule has 0 aromatic rings. The topological polar surface area (TPSA) is 9.23 Å². The Morgan fingerprint density at radius 2 is 2.00 bits per heavy atom. The highest BCUT2D eigenvalue weighted by Gasteiger charge is 2.03. The maximum absolute atomic E-state index is 5.39. The Bertz CT molecular complexity index is 122. The Morgan fingerprint density at radius 3 is 2.42 bits per heavy atom. The summed E-state index contributed by atoms with van der Waals surface area (Å²) in [6.07, 6.45) is 1.10. The van der Waals surface area contributed by atoms with Gasteiger partial charge in [-0.25, -0.2) is 0 Å². The van der Waals surface area contributed by atoms with E-state index in [1.165, 1.54) is 0 Å². The second kappa shape index (κ2) is 8.27. The first kappa shape index (κ1) is 12.7. The molecule has 0 unspecified atom stereocenters. The van der Waals surface area contributed by atoms with E-state index in [9.17, 15) is 0 Å². The van der Waals surface area contributed by atoms with Crippen LogP contribution in [0.4, 0.5) is 0 Å². The summed E-state index contributed by atoms with van der Waals surface area (Å²) >= 11 is 6.91. The van der Waals surface area contributed by atoms with Crippen molar-refractivity contribution in [3.8, 4) is 0 Å². The van der Waals surface area contributed by atoms with Crippen molar-refractivity contribution in [3.63, 3.8) is 0 Å². The third-order valence-electron chi connectivity index (χ3n) is 1.46. The zero-order valence-corrected chi connectivity index (χ0v) is 10.7. The van der Waals surface area contributed by atoms with E-state index in [0.717, 1.165) is 29.3 Å². The third-order valence-corrected chi connectivity index (χ3v) is 3.29. The molecule has 0 fully saturated rings. The molecule has 0 saturated carbocycles. The van der Waals surface area contributed by atoms with Crippen LogP contribution in [0, 0.1) is 5.92 Å². The Labute approximate surface area is 91.8 Å². The van der Waals surface area contributed by atoms with Gasteiger partial charge < -0.3 is 4.74 Å². The highest BCUT2D eigenvalue weighted by atomic mass is 79.9. The summed E-state index contributed by atoms with van der Waals surface area (Å²) in [5.41, 5.74) is 1.09. The van der Waals surface area contributed by atoms with E-state index >= 15 is 0 Å². The van der Waals surface area contributed by atoms with Gasteiger partial charge in [0.25, 0.3) is 0 Å². The maximum atomic E-state index is 5.39. The summed E-state index contributed by atoms with van der Waals surface area (Å²) in [6, 6.07) is 0. The highest BCUT2D eigenvalue weighted by Crippen LogP contribution is 2.10. The average Bonchev–Trinajstić information content (AvgIpc) is 2.04. The number of ether oxygens (including phenoxy) is 1. The van der Waals surface area contributed by atoms with E-state index in [2.05, 4.69) is 38.4 Å². The van der Waals surface area contributed by atoms with Crippen LogP contribution in [0.15, 0.2) is 12.2 Å². The van der Waals surface area contributed by atoms with Gasteiger partial charge in [-0.15, -0.1) is 0 Å². The second-order valence-corrected chi connectivity index (χ2v) is 4.27. The van der Waals surface area contributed by atoms with Crippen LogP contribution in [-0.2, 0) is 4.74 Å². The van der Waals surface area contributed by atoms with Crippen molar-refractivity contribution >= 4 is 31.9 Å². The molecular formula is C9H16Br2O. The molecule has 0 aromatic carbocycles. The Hall–Kier alpha value is 0.660. The molecule has 3 heteroatoms. The lowest BCUT2D eigenvalue weighted by Crippen LogP contribution is -2.08. The number of halogens is 2. The summed E-state index contributed by atoms with van der Waals surface area (Å²) < 4.78 is 5.39. The molecule has 0 rings (SSSR count). The summed E-state index contributed by atoms with van der Waals surface area (Å²) in [7, 11) is 0. The lowest BCUT2D eigenvalue weighted by atomic mass is 10.1. The molecule has 0 atom stereocenters. The van der Waals surface area contributed by atoms with Crippen LogP contribution >= 0.6 is 31.9 Å². The van der Waals surface area contributed by atoms with Crippen LogP contribution in [0.5, 0.6) is 0 Å². The zero-order valence-electron chi connectivity index (χ0n) is 7.48. The van der Waals surface area contributed by atoms with Gasteiger partial charge in [0.15, 0.2) is 0 Å². The minimum absolute atomic E-state index is 0.676. The molecule has 0 radical (unpaired) electrons. The van der Waals surface area contributed by atoms with Gasteiger partial charge in [-0.3, -0.25) is 0 Å². The van der Waals surface area contributed by atoms with Gasteiger partial charge in [0.1, 0.15) is 0 Å². The van der Waals surface area contributed by atoms with E-state index in [1.54, 1.807) is 0 Å². The van der Waals surface area contributed by atoms with Crippen LogP contribution in [0.3, 0.4) is 0 Å². The molecular weight excluding hydrogens is 284 g/mol. The summed E-state index contributed by atoms with van der Waals surface area (Å²) in [4.78, 5) is 0. The third kappa shape index (κ3) is 7.32. The van der Waals surface area contributed by atoms with Gasteiger partial charge in [0.05, 0.1) is 6.61 Å². The molecule has 0 aliphatic carbocycles. The first-order chi connectivity index (χ1) is 5.70. The molecule has 1 nitrogen and oxygen atoms in total. The van der Waals surface area contributed by atoms with Crippen molar-refractivity contribution in [1.82, 2.24) is 0 Å². The van der Waals surface area contributed by atoms with Crippen molar-refractivity contribution in [2.45, 2.75) is 13.3 Å². The van der Waals surface area contributed by atoms with E-state index in [0.29, 0.717) is 12.5 Å². The van der Waals surface area contributed by atoms with Gasteiger partial charge in [0, 0.05) is 17.3 Å². The van der Waals surface area contributed by atoms with Crippen LogP contribution in [0.25, 0.3) is 0 Å². The van der Waals surface area contributed by atoms with Crippen molar-refractivity contribution in [1.29, 1.82) is 0 Å². The van der Waals surface area contributed by atoms with Crippen LogP contribution < -0.4 is 0 Å². The number of hydrogen-bond acceptors (Lipinski definition) is 1. The number of hydrogen-bond donors (Lipinski definition) is 0. The lowest BCUT2D eigenvalue weighted by Gasteiger charge is -2.10. The fourth-order valence-corrected chi connectivity index (χ4v) is 2.41. The quantitative estimate of drug-likeness (QED) is 0.398. The molecule has 0 aliphatic heterocycles. The largest absolute Gasteiger partial charge is 0.377 e. The predicted octanol–water partition coefficient (Wildman–Crippen LogP) is 3.38. The van der Waals surface area contributed by atoms with Crippen LogP contribution in [-0.4, -0.2) is 23.9 Å². The summed E-state index contributed by atoms with van der Waals surface area (Å²) in [5, 5.41) is 2.07. The fourth-order valence-electron chi connectivity index (χ4n) is 0.692. The first-order valence-corrected chi connectivity index (χ1v) is 6.29. The van der Waals surface area contributed by atoms with Crippen LogP contribution in [0.2, 0.25) is 0 Å². The summed E-state index contributed by atoms with van der Waals surface area (Å²) in [6.45, 7) is 7.27. The van der Waals surface area contributed by atoms with Gasteiger partial charge in [-0.05, 0) is 19.3 Å². The van der Waals surface area contributed by atoms with Crippen molar-refractivity contribution in [2.24, 2.45) is 5.92 Å². The zero-order chi connectivity index (χ0) is 9.40. The van der Waals surface area contributed by atoms with Gasteiger partial charge in [-0.2, -0.15) is 0 Å². The maximum Gasteiger partial charge on any atom is 0.0671 e. The van der Waals surface area contributed by atoms with Gasteiger partial charge in [0.2, 0.25) is 0 Å². The van der Waals surface area contributed by atoms with Gasteiger partial charge >= 0.3 is 0 Å². The van der Waals surface area contributed by atoms with E-state index in [1.807, 2.05) is 6.92 Å². The predicted molar refractivity (Wildman–Crippen MR) is 61.3 cm³/mol. The highest BCUT2D eigenvalue weighted by molar-refractivity contribution is 9.09. The molecule has 72 valence electrons. The minimum atomic E-state index is 0.676. The Balaban J connectivity index is 3.23. The van der Waals surface area contributed by atoms with E-state index < -0.39 is 0 Å². The minimum Gasteiger partial charge on any atom is -0.377 e. The van der Waals surface area contributed by atoms with Crippen molar-refractivity contribution in [3.05, 3.63) is 12.2 Å². The van der Waals surface area contributed by atoms with Crippen molar-refractivity contribution < 1.29 is 4.74 Å². The molecule has 0 saturated heterocycles. The molecule has 0 heterocycles. The summed E-state index contributed by atoms with van der Waals surface area (Å²) in [5.74, 6) is 0.676. The normalized spacial score (nSPS) is 10.7. The SMILES string of the molecule is C=C(C)COCCC(CBr)CBr. The van der Waals surface area contributed by atoms with E-state index in [-0.39, 0.29) is 0 Å². The molecule has 0 spiro atoms. The molecule has 0 aliphatic rings. The Kier molecular flexibility index (Phi) is 8.72. The molecule has 0 N–H and O–H groups in total. The molecule has 0 bridgehead atoms. The number of rotatable bonds is 7. The average molecular weight is 300 g/mol. The monoisotopic (exact) mass is 298 g/mol. The molecule has 0 aromatic heterocycles. The standard InChI is InChI=1S/C9H16Br2O/c1-8(2)7-12-4-3-9(5-10)6-11/h9H,1,3-7H2,2H3. The van der Waals surface area contributed by atoms with Crippen molar-refractivity contribution in [2.75, 3.05) is 23.9 Å². The lowest BCUT2D eigenvalue weighted by molar-refractivity contribution is 0.145. The smallest absolute Gasteiger partial charge is 0.0671 e. The Morgan fingerprint density at radius 1 is 1.42 bits per heavy atom. The molecule has 12 heavy (non-hydrogen) atoms. The fraction of sp³-hybridized carbons (Fsp3) is 0.778.